The van der Waals surface area contributed by atoms with Crippen molar-refractivity contribution in [2.45, 2.75) is 18.9 Å². The summed E-state index contributed by atoms with van der Waals surface area (Å²) in [6, 6.07) is 1.82. The highest BCUT2D eigenvalue weighted by Crippen LogP contribution is 2.32. The van der Waals surface area contributed by atoms with Gasteiger partial charge in [-0.15, -0.1) is 0 Å². The molecular formula is C16H24N4O3. The van der Waals surface area contributed by atoms with E-state index >= 15 is 0 Å². The van der Waals surface area contributed by atoms with E-state index in [1.165, 1.54) is 0 Å². The molecule has 7 nitrogen and oxygen atoms in total. The SMILES string of the molecule is COCCNC(=O)[C@H]1CO[C@H]2CCN(c3ncccn3)C[C@H]2C1. The van der Waals surface area contributed by atoms with Crippen LogP contribution >= 0.6 is 0 Å². The zero-order valence-electron chi connectivity index (χ0n) is 13.5. The van der Waals surface area contributed by atoms with Crippen LogP contribution in [0.4, 0.5) is 5.95 Å². The normalized spacial score (nSPS) is 27.3. The van der Waals surface area contributed by atoms with Crippen LogP contribution in [0.15, 0.2) is 18.5 Å². The van der Waals surface area contributed by atoms with E-state index in [0.29, 0.717) is 25.7 Å². The first kappa shape index (κ1) is 16.1. The fraction of sp³-hybridized carbons (Fsp3) is 0.688. The van der Waals surface area contributed by atoms with Crippen molar-refractivity contribution in [3.63, 3.8) is 0 Å². The summed E-state index contributed by atoms with van der Waals surface area (Å²) in [4.78, 5) is 23.1. The molecule has 0 aromatic carbocycles. The monoisotopic (exact) mass is 320 g/mol. The van der Waals surface area contributed by atoms with Gasteiger partial charge in [0.25, 0.3) is 0 Å². The quantitative estimate of drug-likeness (QED) is 0.795. The summed E-state index contributed by atoms with van der Waals surface area (Å²) in [7, 11) is 1.63. The number of methoxy groups -OCH3 is 1. The smallest absolute Gasteiger partial charge is 0.225 e. The van der Waals surface area contributed by atoms with E-state index in [4.69, 9.17) is 9.47 Å². The molecule has 0 spiro atoms. The van der Waals surface area contributed by atoms with E-state index in [1.54, 1.807) is 19.5 Å². The molecule has 7 heteroatoms. The molecule has 3 heterocycles. The zero-order chi connectivity index (χ0) is 16.1. The molecule has 3 rings (SSSR count). The van der Waals surface area contributed by atoms with E-state index in [9.17, 15) is 4.79 Å². The Morgan fingerprint density at radius 3 is 3.09 bits per heavy atom. The Kier molecular flexibility index (Phi) is 5.40. The molecular weight excluding hydrogens is 296 g/mol. The van der Waals surface area contributed by atoms with Gasteiger partial charge in [-0.1, -0.05) is 0 Å². The second-order valence-corrected chi connectivity index (χ2v) is 6.13. The number of nitrogens with zero attached hydrogens (tertiary/aromatic N) is 3. The number of nitrogens with one attached hydrogen (secondary N) is 1. The molecule has 1 aromatic rings. The molecule has 1 amide bonds. The zero-order valence-corrected chi connectivity index (χ0v) is 13.5. The van der Waals surface area contributed by atoms with Crippen molar-refractivity contribution in [3.05, 3.63) is 18.5 Å². The summed E-state index contributed by atoms with van der Waals surface area (Å²) < 4.78 is 10.9. The third kappa shape index (κ3) is 3.97. The van der Waals surface area contributed by atoms with Gasteiger partial charge in [0.15, 0.2) is 0 Å². The van der Waals surface area contributed by atoms with E-state index < -0.39 is 0 Å². The van der Waals surface area contributed by atoms with Gasteiger partial charge in [0, 0.05) is 45.1 Å². The Morgan fingerprint density at radius 2 is 2.30 bits per heavy atom. The van der Waals surface area contributed by atoms with Crippen LogP contribution in [-0.2, 0) is 14.3 Å². The summed E-state index contributed by atoms with van der Waals surface area (Å²) in [5.41, 5.74) is 0. The maximum absolute atomic E-state index is 12.2. The van der Waals surface area contributed by atoms with Gasteiger partial charge in [0.05, 0.1) is 25.2 Å². The summed E-state index contributed by atoms with van der Waals surface area (Å²) in [6.07, 6.45) is 5.58. The number of fused-ring (bicyclic) bond motifs is 1. The Bertz CT molecular complexity index is 513. The van der Waals surface area contributed by atoms with Gasteiger partial charge in [0.1, 0.15) is 0 Å². The minimum Gasteiger partial charge on any atom is -0.383 e. The fourth-order valence-corrected chi connectivity index (χ4v) is 3.37. The number of hydrogen-bond donors (Lipinski definition) is 1. The van der Waals surface area contributed by atoms with Crippen LogP contribution < -0.4 is 10.2 Å². The van der Waals surface area contributed by atoms with Crippen molar-refractivity contribution in [2.75, 3.05) is 44.9 Å². The number of carbonyl (C=O) groups is 1. The topological polar surface area (TPSA) is 76.6 Å². The highest BCUT2D eigenvalue weighted by molar-refractivity contribution is 5.78. The second-order valence-electron chi connectivity index (χ2n) is 6.13. The highest BCUT2D eigenvalue weighted by Gasteiger charge is 2.38. The summed E-state index contributed by atoms with van der Waals surface area (Å²) >= 11 is 0. The minimum atomic E-state index is -0.0789. The lowest BCUT2D eigenvalue weighted by Crippen LogP contribution is -2.51. The van der Waals surface area contributed by atoms with Gasteiger partial charge in [-0.05, 0) is 18.9 Å². The maximum Gasteiger partial charge on any atom is 0.225 e. The highest BCUT2D eigenvalue weighted by atomic mass is 16.5. The van der Waals surface area contributed by atoms with Gasteiger partial charge in [-0.2, -0.15) is 0 Å². The molecule has 1 aromatic heterocycles. The van der Waals surface area contributed by atoms with Gasteiger partial charge >= 0.3 is 0 Å². The first-order valence-electron chi connectivity index (χ1n) is 8.18. The molecule has 0 bridgehead atoms. The molecule has 23 heavy (non-hydrogen) atoms. The standard InChI is InChI=1S/C16H24N4O3/c1-22-8-6-17-15(21)13-9-12-10-20(7-3-14(12)23-11-13)16-18-4-2-5-19-16/h2,4-5,12-14H,3,6-11H2,1H3,(H,17,21)/t12-,13-,14+/m1/s1. The molecule has 126 valence electrons. The molecule has 0 unspecified atom stereocenters. The van der Waals surface area contributed by atoms with Crippen LogP contribution in [0.2, 0.25) is 0 Å². The Balaban J connectivity index is 1.56. The molecule has 2 fully saturated rings. The summed E-state index contributed by atoms with van der Waals surface area (Å²) in [5.74, 6) is 1.09. The van der Waals surface area contributed by atoms with Crippen molar-refractivity contribution in [1.82, 2.24) is 15.3 Å². The number of piperidine rings is 1. The number of carbonyl (C=O) groups excluding carboxylic acids is 1. The van der Waals surface area contributed by atoms with Crippen molar-refractivity contribution >= 4 is 11.9 Å². The Labute approximate surface area is 136 Å². The summed E-state index contributed by atoms with van der Waals surface area (Å²) in [6.45, 7) is 3.34. The molecule has 3 atom stereocenters. The second kappa shape index (κ2) is 7.70. The third-order valence-electron chi connectivity index (χ3n) is 4.57. The number of hydrogen-bond acceptors (Lipinski definition) is 6. The largest absolute Gasteiger partial charge is 0.383 e. The lowest BCUT2D eigenvalue weighted by atomic mass is 9.83. The lowest BCUT2D eigenvalue weighted by molar-refractivity contribution is -0.135. The van der Waals surface area contributed by atoms with Crippen LogP contribution in [0.1, 0.15) is 12.8 Å². The first-order valence-corrected chi connectivity index (χ1v) is 8.18. The molecule has 2 saturated heterocycles. The van der Waals surface area contributed by atoms with Gasteiger partial charge in [0.2, 0.25) is 11.9 Å². The van der Waals surface area contributed by atoms with Crippen molar-refractivity contribution in [3.8, 4) is 0 Å². The number of amides is 1. The van der Waals surface area contributed by atoms with E-state index in [-0.39, 0.29) is 17.9 Å². The summed E-state index contributed by atoms with van der Waals surface area (Å²) in [5, 5.41) is 2.91. The molecule has 0 aliphatic carbocycles. The first-order chi connectivity index (χ1) is 11.3. The van der Waals surface area contributed by atoms with Crippen LogP contribution in [0.25, 0.3) is 0 Å². The van der Waals surface area contributed by atoms with Crippen LogP contribution in [-0.4, -0.2) is 61.9 Å². The van der Waals surface area contributed by atoms with Gasteiger partial charge in [-0.3, -0.25) is 4.79 Å². The number of aromatic nitrogens is 2. The van der Waals surface area contributed by atoms with E-state index in [2.05, 4.69) is 20.2 Å². The van der Waals surface area contributed by atoms with Gasteiger partial charge in [-0.25, -0.2) is 9.97 Å². The van der Waals surface area contributed by atoms with Crippen LogP contribution in [0.5, 0.6) is 0 Å². The predicted octanol–water partition coefficient (Wildman–Crippen LogP) is 0.471. The van der Waals surface area contributed by atoms with Crippen molar-refractivity contribution in [2.24, 2.45) is 11.8 Å². The van der Waals surface area contributed by atoms with Crippen LogP contribution in [0, 0.1) is 11.8 Å². The van der Waals surface area contributed by atoms with Crippen molar-refractivity contribution < 1.29 is 14.3 Å². The molecule has 0 radical (unpaired) electrons. The average Bonchev–Trinajstić information content (AvgIpc) is 2.61. The number of anilines is 1. The Hall–Kier alpha value is -1.73. The number of ether oxygens (including phenoxy) is 2. The average molecular weight is 320 g/mol. The van der Waals surface area contributed by atoms with Gasteiger partial charge < -0.3 is 19.7 Å². The minimum absolute atomic E-state index is 0.0635. The molecule has 0 saturated carbocycles. The Morgan fingerprint density at radius 1 is 1.48 bits per heavy atom. The number of rotatable bonds is 5. The van der Waals surface area contributed by atoms with Crippen molar-refractivity contribution in [1.29, 1.82) is 0 Å². The molecule has 1 N–H and O–H groups in total. The maximum atomic E-state index is 12.2. The fourth-order valence-electron chi connectivity index (χ4n) is 3.37. The third-order valence-corrected chi connectivity index (χ3v) is 4.57. The molecule has 2 aliphatic heterocycles. The lowest BCUT2D eigenvalue weighted by Gasteiger charge is -2.43. The van der Waals surface area contributed by atoms with Crippen LogP contribution in [0.3, 0.4) is 0 Å². The van der Waals surface area contributed by atoms with E-state index in [1.807, 2.05) is 6.07 Å². The molecule has 2 aliphatic rings. The predicted molar refractivity (Wildman–Crippen MR) is 85.1 cm³/mol. The van der Waals surface area contributed by atoms with E-state index in [0.717, 1.165) is 31.9 Å².